The van der Waals surface area contributed by atoms with Gasteiger partial charge >= 0.3 is 0 Å². The van der Waals surface area contributed by atoms with Gasteiger partial charge in [-0.25, -0.2) is 0 Å². The van der Waals surface area contributed by atoms with Crippen LogP contribution in [0.3, 0.4) is 0 Å². The molecule has 1 aromatic rings. The van der Waals surface area contributed by atoms with Crippen molar-refractivity contribution < 1.29 is 9.53 Å². The molecule has 1 aromatic carbocycles. The fourth-order valence-electron chi connectivity index (χ4n) is 1.81. The van der Waals surface area contributed by atoms with Crippen LogP contribution in [0.15, 0.2) is 29.2 Å². The van der Waals surface area contributed by atoms with E-state index in [0.29, 0.717) is 12.5 Å². The first-order chi connectivity index (χ1) is 10.3. The molecular weight excluding hydrogens is 296 g/mol. The minimum atomic E-state index is -0.485. The van der Waals surface area contributed by atoms with Crippen LogP contribution in [0, 0.1) is 11.3 Å². The number of ether oxygens (including phenoxy) is 1. The molecule has 124 valence electrons. The van der Waals surface area contributed by atoms with Gasteiger partial charge in [0.1, 0.15) is 5.75 Å². The standard InChI is InChI=1S/C17H28N2O2S/c1-12(10-19-16(20)15(18)17(2,3)4)11-22-14-9-7-6-8-13(14)21-5/h6-9,12,15H,10-11,18H2,1-5H3,(H,19,20)/t12?,15-/m1/s1. The van der Waals surface area contributed by atoms with E-state index in [-0.39, 0.29) is 11.3 Å². The van der Waals surface area contributed by atoms with Crippen molar-refractivity contribution in [2.24, 2.45) is 17.1 Å². The second kappa shape index (κ2) is 8.44. The molecule has 0 aliphatic rings. The Hall–Kier alpha value is -1.20. The van der Waals surface area contributed by atoms with Crippen molar-refractivity contribution in [3.8, 4) is 5.75 Å². The third-order valence-electron chi connectivity index (χ3n) is 3.43. The Bertz CT molecular complexity index is 486. The van der Waals surface area contributed by atoms with Gasteiger partial charge in [-0.15, -0.1) is 11.8 Å². The lowest BCUT2D eigenvalue weighted by atomic mass is 9.87. The molecule has 0 bridgehead atoms. The minimum absolute atomic E-state index is 0.0818. The summed E-state index contributed by atoms with van der Waals surface area (Å²) in [6.07, 6.45) is 0. The summed E-state index contributed by atoms with van der Waals surface area (Å²) >= 11 is 1.74. The van der Waals surface area contributed by atoms with E-state index in [9.17, 15) is 4.79 Å². The third-order valence-corrected chi connectivity index (χ3v) is 4.82. The van der Waals surface area contributed by atoms with Crippen molar-refractivity contribution in [3.05, 3.63) is 24.3 Å². The zero-order chi connectivity index (χ0) is 16.8. The van der Waals surface area contributed by atoms with E-state index in [2.05, 4.69) is 12.2 Å². The van der Waals surface area contributed by atoms with Crippen molar-refractivity contribution >= 4 is 17.7 Å². The number of hydrogen-bond acceptors (Lipinski definition) is 4. The van der Waals surface area contributed by atoms with Gasteiger partial charge in [0.25, 0.3) is 0 Å². The van der Waals surface area contributed by atoms with Crippen molar-refractivity contribution in [2.75, 3.05) is 19.4 Å². The van der Waals surface area contributed by atoms with Crippen LogP contribution in [0.25, 0.3) is 0 Å². The Balaban J connectivity index is 2.41. The van der Waals surface area contributed by atoms with E-state index in [0.717, 1.165) is 16.4 Å². The number of thioether (sulfide) groups is 1. The highest BCUT2D eigenvalue weighted by Gasteiger charge is 2.27. The summed E-state index contributed by atoms with van der Waals surface area (Å²) in [4.78, 5) is 13.1. The molecule has 0 aliphatic carbocycles. The zero-order valence-corrected chi connectivity index (χ0v) is 15.0. The normalized spacial score (nSPS) is 14.3. The quantitative estimate of drug-likeness (QED) is 0.757. The molecule has 1 amide bonds. The van der Waals surface area contributed by atoms with Gasteiger partial charge in [0, 0.05) is 17.2 Å². The van der Waals surface area contributed by atoms with Crippen molar-refractivity contribution in [1.82, 2.24) is 5.32 Å². The molecule has 0 heterocycles. The van der Waals surface area contributed by atoms with Gasteiger partial charge in [0.05, 0.1) is 13.2 Å². The molecule has 0 aliphatic heterocycles. The van der Waals surface area contributed by atoms with Crippen LogP contribution in [0.2, 0.25) is 0 Å². The number of methoxy groups -OCH3 is 1. The summed E-state index contributed by atoms with van der Waals surface area (Å²) in [5.41, 5.74) is 5.73. The molecule has 2 atom stereocenters. The summed E-state index contributed by atoms with van der Waals surface area (Å²) in [6.45, 7) is 8.66. The lowest BCUT2D eigenvalue weighted by Crippen LogP contribution is -2.49. The number of para-hydroxylation sites is 1. The molecule has 3 N–H and O–H groups in total. The summed E-state index contributed by atoms with van der Waals surface area (Å²) < 4.78 is 5.34. The first-order valence-corrected chi connectivity index (χ1v) is 8.53. The number of nitrogens with two attached hydrogens (primary N) is 1. The van der Waals surface area contributed by atoms with Crippen LogP contribution < -0.4 is 15.8 Å². The number of rotatable bonds is 7. The van der Waals surface area contributed by atoms with Gasteiger partial charge < -0.3 is 15.8 Å². The number of carbonyl (C=O) groups is 1. The monoisotopic (exact) mass is 324 g/mol. The summed E-state index contributed by atoms with van der Waals surface area (Å²) in [7, 11) is 1.68. The fourth-order valence-corrected chi connectivity index (χ4v) is 2.86. The van der Waals surface area contributed by atoms with Crippen LogP contribution >= 0.6 is 11.8 Å². The van der Waals surface area contributed by atoms with Crippen LogP contribution in [0.4, 0.5) is 0 Å². The van der Waals surface area contributed by atoms with Gasteiger partial charge in [0.15, 0.2) is 0 Å². The maximum absolute atomic E-state index is 12.0. The van der Waals surface area contributed by atoms with Crippen molar-refractivity contribution in [1.29, 1.82) is 0 Å². The molecule has 0 radical (unpaired) electrons. The highest BCUT2D eigenvalue weighted by atomic mass is 32.2. The van der Waals surface area contributed by atoms with E-state index in [1.165, 1.54) is 0 Å². The molecule has 1 unspecified atom stereocenters. The average molecular weight is 324 g/mol. The van der Waals surface area contributed by atoms with Gasteiger partial charge in [0.2, 0.25) is 5.91 Å². The number of nitrogens with one attached hydrogen (secondary N) is 1. The van der Waals surface area contributed by atoms with Crippen LogP contribution in [0.1, 0.15) is 27.7 Å². The predicted octanol–water partition coefficient (Wildman–Crippen LogP) is 2.91. The lowest BCUT2D eigenvalue weighted by Gasteiger charge is -2.26. The molecular formula is C17H28N2O2S. The maximum Gasteiger partial charge on any atom is 0.237 e. The SMILES string of the molecule is COc1ccccc1SCC(C)CNC(=O)[C@@H](N)C(C)(C)C. The first-order valence-electron chi connectivity index (χ1n) is 7.54. The molecule has 22 heavy (non-hydrogen) atoms. The fraction of sp³-hybridized carbons (Fsp3) is 0.588. The van der Waals surface area contributed by atoms with Crippen LogP contribution in [0.5, 0.6) is 5.75 Å². The van der Waals surface area contributed by atoms with E-state index in [1.54, 1.807) is 18.9 Å². The molecule has 4 nitrogen and oxygen atoms in total. The van der Waals surface area contributed by atoms with E-state index < -0.39 is 6.04 Å². The highest BCUT2D eigenvalue weighted by molar-refractivity contribution is 7.99. The Labute approximate surface area is 138 Å². The maximum atomic E-state index is 12.0. The highest BCUT2D eigenvalue weighted by Crippen LogP contribution is 2.29. The molecule has 0 spiro atoms. The van der Waals surface area contributed by atoms with Crippen LogP contribution in [-0.4, -0.2) is 31.4 Å². The zero-order valence-electron chi connectivity index (χ0n) is 14.2. The largest absolute Gasteiger partial charge is 0.496 e. The molecule has 0 aromatic heterocycles. The summed E-state index contributed by atoms with van der Waals surface area (Å²) in [5, 5.41) is 2.95. The number of carbonyl (C=O) groups excluding carboxylic acids is 1. The average Bonchev–Trinajstić information content (AvgIpc) is 2.49. The minimum Gasteiger partial charge on any atom is -0.496 e. The molecule has 0 saturated heterocycles. The lowest BCUT2D eigenvalue weighted by molar-refractivity contribution is -0.124. The van der Waals surface area contributed by atoms with Gasteiger partial charge in [-0.2, -0.15) is 0 Å². The Kier molecular flexibility index (Phi) is 7.23. The topological polar surface area (TPSA) is 64.3 Å². The number of hydrogen-bond donors (Lipinski definition) is 2. The molecule has 0 fully saturated rings. The second-order valence-corrected chi connectivity index (χ2v) is 7.72. The second-order valence-electron chi connectivity index (χ2n) is 6.66. The summed E-state index contributed by atoms with van der Waals surface area (Å²) in [5.74, 6) is 2.07. The Morgan fingerprint density at radius 1 is 1.36 bits per heavy atom. The molecule has 1 rings (SSSR count). The van der Waals surface area contributed by atoms with E-state index >= 15 is 0 Å². The third kappa shape index (κ3) is 5.89. The molecule has 5 heteroatoms. The Morgan fingerprint density at radius 3 is 2.59 bits per heavy atom. The van der Waals surface area contributed by atoms with Gasteiger partial charge in [-0.1, -0.05) is 39.8 Å². The smallest absolute Gasteiger partial charge is 0.237 e. The number of amides is 1. The van der Waals surface area contributed by atoms with Gasteiger partial charge in [-0.05, 0) is 23.5 Å². The van der Waals surface area contributed by atoms with Crippen molar-refractivity contribution in [2.45, 2.75) is 38.6 Å². The van der Waals surface area contributed by atoms with Gasteiger partial charge in [-0.3, -0.25) is 4.79 Å². The van der Waals surface area contributed by atoms with E-state index in [4.69, 9.17) is 10.5 Å². The molecule has 0 saturated carbocycles. The van der Waals surface area contributed by atoms with E-state index in [1.807, 2.05) is 45.0 Å². The number of benzene rings is 1. The van der Waals surface area contributed by atoms with Crippen molar-refractivity contribution in [3.63, 3.8) is 0 Å². The van der Waals surface area contributed by atoms with Crippen LogP contribution in [-0.2, 0) is 4.79 Å². The first kappa shape index (κ1) is 18.8. The summed E-state index contributed by atoms with van der Waals surface area (Å²) in [6, 6.07) is 7.48. The Morgan fingerprint density at radius 2 is 2.00 bits per heavy atom. The predicted molar refractivity (Wildman–Crippen MR) is 93.3 cm³/mol.